The molecule has 0 aliphatic carbocycles. The molecule has 0 saturated heterocycles. The zero-order chi connectivity index (χ0) is 19.9. The first-order valence-corrected chi connectivity index (χ1v) is 9.33. The van der Waals surface area contributed by atoms with Gasteiger partial charge in [0.05, 0.1) is 6.10 Å². The van der Waals surface area contributed by atoms with Crippen LogP contribution in [0.1, 0.15) is 52.8 Å². The van der Waals surface area contributed by atoms with Crippen molar-refractivity contribution >= 4 is 5.91 Å². The van der Waals surface area contributed by atoms with E-state index in [1.165, 1.54) is 17.4 Å². The number of amides is 1. The van der Waals surface area contributed by atoms with Gasteiger partial charge in [-0.15, -0.1) is 0 Å². The molecule has 1 aromatic heterocycles. The summed E-state index contributed by atoms with van der Waals surface area (Å²) in [4.78, 5) is 16.4. The summed E-state index contributed by atoms with van der Waals surface area (Å²) < 4.78 is 5.22. The Morgan fingerprint density at radius 2 is 1.68 bits per heavy atom. The fourth-order valence-corrected chi connectivity index (χ4v) is 3.07. The average Bonchev–Trinajstić information content (AvgIpc) is 3.22. The van der Waals surface area contributed by atoms with E-state index in [2.05, 4.69) is 34.6 Å². The molecule has 2 unspecified atom stereocenters. The highest BCUT2D eigenvalue weighted by Crippen LogP contribution is 2.27. The van der Waals surface area contributed by atoms with Crippen molar-refractivity contribution in [1.82, 2.24) is 10.3 Å². The van der Waals surface area contributed by atoms with Gasteiger partial charge in [-0.25, -0.2) is 4.98 Å². The Morgan fingerprint density at radius 1 is 1.11 bits per heavy atom. The number of hydrogen-bond donors (Lipinski definition) is 3. The average molecular weight is 379 g/mol. The van der Waals surface area contributed by atoms with Crippen LogP contribution in [-0.4, -0.2) is 28.6 Å². The molecule has 0 fully saturated rings. The topological polar surface area (TPSA) is 101 Å². The zero-order valence-corrected chi connectivity index (χ0v) is 15.8. The van der Waals surface area contributed by atoms with Gasteiger partial charge in [-0.1, -0.05) is 60.7 Å². The molecule has 6 heteroatoms. The molecule has 0 saturated carbocycles. The van der Waals surface area contributed by atoms with Gasteiger partial charge in [-0.05, 0) is 24.5 Å². The number of nitrogens with one attached hydrogen (secondary N) is 1. The van der Waals surface area contributed by atoms with E-state index >= 15 is 0 Å². The second-order valence-corrected chi connectivity index (χ2v) is 6.76. The van der Waals surface area contributed by atoms with Crippen LogP contribution in [0.2, 0.25) is 0 Å². The summed E-state index contributed by atoms with van der Waals surface area (Å²) in [6.07, 6.45) is 1.20. The van der Waals surface area contributed by atoms with Gasteiger partial charge >= 0.3 is 0 Å². The second kappa shape index (κ2) is 9.30. The summed E-state index contributed by atoms with van der Waals surface area (Å²) in [6.45, 7) is 2.03. The molecule has 2 aromatic carbocycles. The molecule has 2 atom stereocenters. The molecule has 146 valence electrons. The van der Waals surface area contributed by atoms with Gasteiger partial charge in [0.1, 0.15) is 12.3 Å². The summed E-state index contributed by atoms with van der Waals surface area (Å²) in [5.74, 6) is -0.00139. The molecular formula is C22H25N3O3. The predicted octanol–water partition coefficient (Wildman–Crippen LogP) is 3.01. The second-order valence-electron chi connectivity index (χ2n) is 6.76. The summed E-state index contributed by atoms with van der Waals surface area (Å²) in [6, 6.07) is 19.7. The highest BCUT2D eigenvalue weighted by molar-refractivity contribution is 5.91. The van der Waals surface area contributed by atoms with Crippen LogP contribution < -0.4 is 11.1 Å². The molecular weight excluding hydrogens is 354 g/mol. The molecule has 6 nitrogen and oxygen atoms in total. The minimum absolute atomic E-state index is 0.145. The standard InChI is InChI=1S/C22H25N3O3/c1-15(26)20(23)22-25-19(14-28-22)21(27)24-13-12-18(16-8-4-2-5-9-16)17-10-6-3-7-11-17/h2-11,14-15,18,20,26H,12-13,23H2,1H3,(H,24,27). The maximum atomic E-state index is 12.4. The number of carbonyl (C=O) groups excluding carboxylic acids is 1. The number of hydrogen-bond acceptors (Lipinski definition) is 5. The highest BCUT2D eigenvalue weighted by Gasteiger charge is 2.21. The molecule has 3 aromatic rings. The van der Waals surface area contributed by atoms with Gasteiger partial charge in [-0.2, -0.15) is 0 Å². The SMILES string of the molecule is CC(O)C(N)c1nc(C(=O)NCCC(c2ccccc2)c2ccccc2)co1. The summed E-state index contributed by atoms with van der Waals surface area (Å²) in [5.41, 5.74) is 8.34. The molecule has 28 heavy (non-hydrogen) atoms. The minimum atomic E-state index is -0.813. The van der Waals surface area contributed by atoms with Gasteiger partial charge in [0, 0.05) is 12.5 Å². The smallest absolute Gasteiger partial charge is 0.273 e. The van der Waals surface area contributed by atoms with Crippen LogP contribution in [0.4, 0.5) is 0 Å². The minimum Gasteiger partial charge on any atom is -0.446 e. The third-order valence-electron chi connectivity index (χ3n) is 4.68. The summed E-state index contributed by atoms with van der Waals surface area (Å²) in [5, 5.41) is 12.4. The molecule has 0 spiro atoms. The summed E-state index contributed by atoms with van der Waals surface area (Å²) >= 11 is 0. The maximum Gasteiger partial charge on any atom is 0.273 e. The lowest BCUT2D eigenvalue weighted by atomic mass is 9.88. The fraction of sp³-hybridized carbons (Fsp3) is 0.273. The summed E-state index contributed by atoms with van der Waals surface area (Å²) in [7, 11) is 0. The molecule has 0 radical (unpaired) electrons. The number of benzene rings is 2. The van der Waals surface area contributed by atoms with Gasteiger partial charge < -0.3 is 20.6 Å². The van der Waals surface area contributed by atoms with Crippen molar-refractivity contribution in [2.45, 2.75) is 31.4 Å². The van der Waals surface area contributed by atoms with Crippen molar-refractivity contribution < 1.29 is 14.3 Å². The van der Waals surface area contributed by atoms with E-state index in [1.54, 1.807) is 6.92 Å². The quantitative estimate of drug-likeness (QED) is 0.558. The molecule has 0 aliphatic heterocycles. The third-order valence-corrected chi connectivity index (χ3v) is 4.68. The Hall–Kier alpha value is -2.96. The monoisotopic (exact) mass is 379 g/mol. The molecule has 0 aliphatic rings. The van der Waals surface area contributed by atoms with Gasteiger partial charge in [0.25, 0.3) is 5.91 Å². The van der Waals surface area contributed by atoms with Crippen molar-refractivity contribution in [3.05, 3.63) is 89.6 Å². The Kier molecular flexibility index (Phi) is 6.57. The molecule has 4 N–H and O–H groups in total. The molecule has 1 amide bonds. The number of aliphatic hydroxyl groups excluding tert-OH is 1. The first-order chi connectivity index (χ1) is 13.6. The molecule has 0 bridgehead atoms. The van der Waals surface area contributed by atoms with Crippen LogP contribution in [0.25, 0.3) is 0 Å². The van der Waals surface area contributed by atoms with Gasteiger partial charge in [-0.3, -0.25) is 4.79 Å². The number of rotatable bonds is 8. The number of aliphatic hydroxyl groups is 1. The third kappa shape index (κ3) is 4.85. The number of oxazole rings is 1. The van der Waals surface area contributed by atoms with E-state index in [1.807, 2.05) is 36.4 Å². The lowest BCUT2D eigenvalue weighted by molar-refractivity contribution is 0.0947. The van der Waals surface area contributed by atoms with E-state index in [-0.39, 0.29) is 23.4 Å². The lowest BCUT2D eigenvalue weighted by Gasteiger charge is -2.18. The number of aromatic nitrogens is 1. The van der Waals surface area contributed by atoms with Gasteiger partial charge in [0.15, 0.2) is 5.69 Å². The molecule has 1 heterocycles. The Labute approximate surface area is 164 Å². The van der Waals surface area contributed by atoms with E-state index in [0.717, 1.165) is 6.42 Å². The number of nitrogens with two attached hydrogens (primary N) is 1. The van der Waals surface area contributed by atoms with E-state index in [4.69, 9.17) is 10.2 Å². The van der Waals surface area contributed by atoms with E-state index < -0.39 is 12.1 Å². The predicted molar refractivity (Wildman–Crippen MR) is 107 cm³/mol. The highest BCUT2D eigenvalue weighted by atomic mass is 16.3. The normalized spacial score (nSPS) is 13.3. The first-order valence-electron chi connectivity index (χ1n) is 9.33. The van der Waals surface area contributed by atoms with E-state index in [0.29, 0.717) is 6.54 Å². The van der Waals surface area contributed by atoms with E-state index in [9.17, 15) is 9.90 Å². The van der Waals surface area contributed by atoms with Crippen LogP contribution in [0.3, 0.4) is 0 Å². The molecule has 3 rings (SSSR count). The van der Waals surface area contributed by atoms with Crippen molar-refractivity contribution in [2.75, 3.05) is 6.54 Å². The van der Waals surface area contributed by atoms with Crippen LogP contribution in [-0.2, 0) is 0 Å². The Bertz CT molecular complexity index is 839. The Morgan fingerprint density at radius 3 is 2.21 bits per heavy atom. The zero-order valence-electron chi connectivity index (χ0n) is 15.8. The van der Waals surface area contributed by atoms with Crippen LogP contribution in [0.15, 0.2) is 71.3 Å². The fourth-order valence-electron chi connectivity index (χ4n) is 3.07. The van der Waals surface area contributed by atoms with Crippen molar-refractivity contribution in [2.24, 2.45) is 5.73 Å². The van der Waals surface area contributed by atoms with Crippen LogP contribution in [0.5, 0.6) is 0 Å². The van der Waals surface area contributed by atoms with Crippen molar-refractivity contribution in [3.63, 3.8) is 0 Å². The number of nitrogens with zero attached hydrogens (tertiary/aromatic N) is 1. The van der Waals surface area contributed by atoms with Crippen LogP contribution in [0, 0.1) is 0 Å². The largest absolute Gasteiger partial charge is 0.446 e. The van der Waals surface area contributed by atoms with Crippen molar-refractivity contribution in [3.8, 4) is 0 Å². The lowest BCUT2D eigenvalue weighted by Crippen LogP contribution is -2.27. The van der Waals surface area contributed by atoms with Gasteiger partial charge in [0.2, 0.25) is 5.89 Å². The van der Waals surface area contributed by atoms with Crippen LogP contribution >= 0.6 is 0 Å². The Balaban J connectivity index is 1.64. The van der Waals surface area contributed by atoms with Crippen molar-refractivity contribution in [1.29, 1.82) is 0 Å². The maximum absolute atomic E-state index is 12.4. The first kappa shape index (κ1) is 19.8. The number of carbonyl (C=O) groups is 1.